The van der Waals surface area contributed by atoms with Crippen molar-refractivity contribution in [3.8, 4) is 0 Å². The number of aliphatic hydroxyl groups excluding tert-OH is 1. The molecule has 2 rings (SSSR count). The molecule has 1 unspecified atom stereocenters. The zero-order valence-corrected chi connectivity index (χ0v) is 11.6. The van der Waals surface area contributed by atoms with E-state index in [0.29, 0.717) is 6.54 Å². The van der Waals surface area contributed by atoms with Crippen molar-refractivity contribution < 1.29 is 9.90 Å². The second-order valence-electron chi connectivity index (χ2n) is 5.21. The Bertz CT molecular complexity index is 459. The first kappa shape index (κ1) is 13.9. The number of carbonyl (C=O) groups excluding carboxylic acids is 1. The van der Waals surface area contributed by atoms with Gasteiger partial charge in [0.05, 0.1) is 6.10 Å². The van der Waals surface area contributed by atoms with Crippen LogP contribution in [0.5, 0.6) is 0 Å². The van der Waals surface area contributed by atoms with Gasteiger partial charge >= 0.3 is 6.03 Å². The molecule has 0 saturated carbocycles. The maximum atomic E-state index is 11.5. The van der Waals surface area contributed by atoms with Crippen LogP contribution < -0.4 is 5.32 Å². The van der Waals surface area contributed by atoms with Crippen LogP contribution in [0.4, 0.5) is 10.5 Å². The average Bonchev–Trinajstić information content (AvgIpc) is 2.40. The second-order valence-corrected chi connectivity index (χ2v) is 5.21. The van der Waals surface area contributed by atoms with Crippen molar-refractivity contribution in [3.63, 3.8) is 0 Å². The number of amides is 2. The highest BCUT2D eigenvalue weighted by Gasteiger charge is 2.20. The maximum Gasteiger partial charge on any atom is 0.321 e. The molecule has 0 spiro atoms. The van der Waals surface area contributed by atoms with E-state index >= 15 is 0 Å². The summed E-state index contributed by atoms with van der Waals surface area (Å²) in [6, 6.07) is 5.71. The SMILES string of the molecule is CCCCCC(O)c1ccc2c(c1)CN(C)C(=O)N2. The molecule has 2 N–H and O–H groups in total. The number of fused-ring (bicyclic) bond motifs is 1. The Balaban J connectivity index is 2.08. The van der Waals surface area contributed by atoms with Gasteiger partial charge in [-0.1, -0.05) is 32.3 Å². The molecule has 1 aliphatic rings. The first-order valence-electron chi connectivity index (χ1n) is 6.94. The molecule has 19 heavy (non-hydrogen) atoms. The van der Waals surface area contributed by atoms with Crippen LogP contribution in [-0.4, -0.2) is 23.1 Å². The fourth-order valence-electron chi connectivity index (χ4n) is 2.37. The lowest BCUT2D eigenvalue weighted by molar-refractivity contribution is 0.163. The molecule has 1 aliphatic heterocycles. The van der Waals surface area contributed by atoms with Crippen molar-refractivity contribution in [2.24, 2.45) is 0 Å². The van der Waals surface area contributed by atoms with Crippen LogP contribution in [0.1, 0.15) is 49.8 Å². The number of hydrogen-bond acceptors (Lipinski definition) is 2. The number of benzene rings is 1. The highest BCUT2D eigenvalue weighted by atomic mass is 16.3. The lowest BCUT2D eigenvalue weighted by atomic mass is 9.99. The number of anilines is 1. The van der Waals surface area contributed by atoms with E-state index in [0.717, 1.165) is 42.5 Å². The number of nitrogens with one attached hydrogen (secondary N) is 1. The standard InChI is InChI=1S/C15H22N2O2/c1-3-4-5-6-14(18)11-7-8-13-12(9-11)10-17(2)15(19)16-13/h7-9,14,18H,3-6,10H2,1-2H3,(H,16,19). The van der Waals surface area contributed by atoms with E-state index in [1.165, 1.54) is 0 Å². The van der Waals surface area contributed by atoms with Crippen molar-refractivity contribution >= 4 is 11.7 Å². The zero-order chi connectivity index (χ0) is 13.8. The zero-order valence-electron chi connectivity index (χ0n) is 11.6. The van der Waals surface area contributed by atoms with Gasteiger partial charge in [-0.3, -0.25) is 0 Å². The van der Waals surface area contributed by atoms with Crippen LogP contribution in [0.3, 0.4) is 0 Å². The molecule has 2 amide bonds. The van der Waals surface area contributed by atoms with E-state index in [1.54, 1.807) is 11.9 Å². The van der Waals surface area contributed by atoms with E-state index in [2.05, 4.69) is 12.2 Å². The summed E-state index contributed by atoms with van der Waals surface area (Å²) in [6.07, 6.45) is 3.76. The highest BCUT2D eigenvalue weighted by molar-refractivity contribution is 5.92. The van der Waals surface area contributed by atoms with Crippen molar-refractivity contribution in [1.82, 2.24) is 4.90 Å². The van der Waals surface area contributed by atoms with E-state index in [1.807, 2.05) is 18.2 Å². The summed E-state index contributed by atoms with van der Waals surface area (Å²) in [5.74, 6) is 0. The van der Waals surface area contributed by atoms with Gasteiger partial charge in [-0.15, -0.1) is 0 Å². The van der Waals surface area contributed by atoms with Crippen LogP contribution in [0.25, 0.3) is 0 Å². The Morgan fingerprint density at radius 2 is 2.21 bits per heavy atom. The first-order chi connectivity index (χ1) is 9.11. The third-order valence-electron chi connectivity index (χ3n) is 3.59. The molecule has 0 fully saturated rings. The Morgan fingerprint density at radius 3 is 2.95 bits per heavy atom. The van der Waals surface area contributed by atoms with Crippen LogP contribution >= 0.6 is 0 Å². The van der Waals surface area contributed by atoms with Crippen molar-refractivity contribution in [2.75, 3.05) is 12.4 Å². The van der Waals surface area contributed by atoms with Crippen molar-refractivity contribution in [3.05, 3.63) is 29.3 Å². The number of rotatable bonds is 5. The molecule has 0 radical (unpaired) electrons. The predicted octanol–water partition coefficient (Wildman–Crippen LogP) is 3.28. The van der Waals surface area contributed by atoms with E-state index in [4.69, 9.17) is 0 Å². The Hall–Kier alpha value is -1.55. The fraction of sp³-hybridized carbons (Fsp3) is 0.533. The van der Waals surface area contributed by atoms with Crippen LogP contribution in [0.2, 0.25) is 0 Å². The van der Waals surface area contributed by atoms with Crippen LogP contribution in [-0.2, 0) is 6.54 Å². The number of hydrogen-bond donors (Lipinski definition) is 2. The minimum absolute atomic E-state index is 0.0799. The molecule has 1 aromatic carbocycles. The van der Waals surface area contributed by atoms with Gasteiger partial charge in [0.2, 0.25) is 0 Å². The smallest absolute Gasteiger partial charge is 0.321 e. The molecule has 0 saturated heterocycles. The van der Waals surface area contributed by atoms with Crippen LogP contribution in [0, 0.1) is 0 Å². The number of unbranched alkanes of at least 4 members (excludes halogenated alkanes) is 2. The Labute approximate surface area is 114 Å². The summed E-state index contributed by atoms with van der Waals surface area (Å²) in [5, 5.41) is 13.0. The molecular formula is C15H22N2O2. The van der Waals surface area contributed by atoms with Gasteiger partial charge in [0.1, 0.15) is 0 Å². The van der Waals surface area contributed by atoms with E-state index in [-0.39, 0.29) is 6.03 Å². The molecule has 104 valence electrons. The monoisotopic (exact) mass is 262 g/mol. The largest absolute Gasteiger partial charge is 0.388 e. The molecular weight excluding hydrogens is 240 g/mol. The average molecular weight is 262 g/mol. The van der Waals surface area contributed by atoms with E-state index in [9.17, 15) is 9.90 Å². The molecule has 1 atom stereocenters. The molecule has 0 aromatic heterocycles. The summed E-state index contributed by atoms with van der Waals surface area (Å²) >= 11 is 0. The summed E-state index contributed by atoms with van der Waals surface area (Å²) in [4.78, 5) is 13.1. The number of nitrogens with zero attached hydrogens (tertiary/aromatic N) is 1. The summed E-state index contributed by atoms with van der Waals surface area (Å²) in [5.41, 5.74) is 2.86. The van der Waals surface area contributed by atoms with Gasteiger partial charge < -0.3 is 15.3 Å². The summed E-state index contributed by atoms with van der Waals surface area (Å²) < 4.78 is 0. The number of aliphatic hydroxyl groups is 1. The van der Waals surface area contributed by atoms with Gasteiger partial charge in [0, 0.05) is 19.3 Å². The molecule has 4 nitrogen and oxygen atoms in total. The molecule has 4 heteroatoms. The summed E-state index contributed by atoms with van der Waals surface area (Å²) in [6.45, 7) is 2.75. The summed E-state index contributed by atoms with van der Waals surface area (Å²) in [7, 11) is 1.77. The van der Waals surface area contributed by atoms with Gasteiger partial charge in [-0.25, -0.2) is 4.79 Å². The normalized spacial score (nSPS) is 15.9. The molecule has 0 bridgehead atoms. The quantitative estimate of drug-likeness (QED) is 0.800. The minimum Gasteiger partial charge on any atom is -0.388 e. The minimum atomic E-state index is -0.403. The third kappa shape index (κ3) is 3.26. The van der Waals surface area contributed by atoms with Gasteiger partial charge in [-0.05, 0) is 29.7 Å². The number of carbonyl (C=O) groups is 1. The number of urea groups is 1. The third-order valence-corrected chi connectivity index (χ3v) is 3.59. The highest BCUT2D eigenvalue weighted by Crippen LogP contribution is 2.28. The molecule has 1 heterocycles. The van der Waals surface area contributed by atoms with Crippen molar-refractivity contribution in [2.45, 2.75) is 45.3 Å². The lowest BCUT2D eigenvalue weighted by Crippen LogP contribution is -2.35. The topological polar surface area (TPSA) is 52.6 Å². The van der Waals surface area contributed by atoms with Crippen molar-refractivity contribution in [1.29, 1.82) is 0 Å². The second kappa shape index (κ2) is 6.06. The maximum absolute atomic E-state index is 11.5. The lowest BCUT2D eigenvalue weighted by Gasteiger charge is -2.26. The first-order valence-corrected chi connectivity index (χ1v) is 6.94. The molecule has 1 aromatic rings. The van der Waals surface area contributed by atoms with E-state index < -0.39 is 6.10 Å². The van der Waals surface area contributed by atoms with Gasteiger partial charge in [0.15, 0.2) is 0 Å². The predicted molar refractivity (Wildman–Crippen MR) is 76.0 cm³/mol. The van der Waals surface area contributed by atoms with Gasteiger partial charge in [-0.2, -0.15) is 0 Å². The van der Waals surface area contributed by atoms with Crippen LogP contribution in [0.15, 0.2) is 18.2 Å². The fourth-order valence-corrected chi connectivity index (χ4v) is 2.37. The Morgan fingerprint density at radius 1 is 1.42 bits per heavy atom. The van der Waals surface area contributed by atoms with Gasteiger partial charge in [0.25, 0.3) is 0 Å². The molecule has 0 aliphatic carbocycles. The Kier molecular flexibility index (Phi) is 4.43.